The van der Waals surface area contributed by atoms with E-state index >= 15 is 0 Å². The Labute approximate surface area is 167 Å². The minimum absolute atomic E-state index is 0.208. The lowest BCUT2D eigenvalue weighted by molar-refractivity contribution is 0.0613. The highest BCUT2D eigenvalue weighted by atomic mass is 16.5. The van der Waals surface area contributed by atoms with E-state index in [0.717, 1.165) is 53.7 Å². The van der Waals surface area contributed by atoms with Gasteiger partial charge in [-0.25, -0.2) is 0 Å². The van der Waals surface area contributed by atoms with Crippen LogP contribution in [0.2, 0.25) is 0 Å². The van der Waals surface area contributed by atoms with Gasteiger partial charge in [0.15, 0.2) is 0 Å². The lowest BCUT2D eigenvalue weighted by Crippen LogP contribution is -2.43. The normalized spacial score (nSPS) is 17.4. The molecule has 2 aliphatic rings. The van der Waals surface area contributed by atoms with Gasteiger partial charge < -0.3 is 9.64 Å². The van der Waals surface area contributed by atoms with E-state index in [4.69, 9.17) is 4.74 Å². The van der Waals surface area contributed by atoms with Crippen LogP contribution in [0.15, 0.2) is 36.7 Å². The summed E-state index contributed by atoms with van der Waals surface area (Å²) in [6, 6.07) is 8.82. The molecule has 4 rings (SSSR count). The number of ether oxygens (including phenoxy) is 1. The molecule has 0 aliphatic heterocycles. The van der Waals surface area contributed by atoms with Gasteiger partial charge in [0.25, 0.3) is 5.91 Å². The van der Waals surface area contributed by atoms with E-state index in [2.05, 4.69) is 9.88 Å². The van der Waals surface area contributed by atoms with Crippen LogP contribution in [-0.4, -0.2) is 27.9 Å². The smallest absolute Gasteiger partial charge is 0.254 e. The standard InChI is InChI=1S/C24H30N2O2/c1-17-13-20(14-18(2)23(17)28-16-19-7-6-12-25-15-19)24(27)26(22-10-11-22)21-8-4-3-5-9-21/h6-7,12-15,21-22H,3-5,8-11,16H2,1-2H3. The van der Waals surface area contributed by atoms with Crippen molar-refractivity contribution in [3.8, 4) is 5.75 Å². The number of aromatic nitrogens is 1. The molecule has 2 aliphatic carbocycles. The average molecular weight is 379 g/mol. The van der Waals surface area contributed by atoms with Crippen LogP contribution >= 0.6 is 0 Å². The van der Waals surface area contributed by atoms with Crippen molar-refractivity contribution in [3.63, 3.8) is 0 Å². The fourth-order valence-corrected chi connectivity index (χ4v) is 4.43. The maximum Gasteiger partial charge on any atom is 0.254 e. The molecule has 4 heteroatoms. The molecule has 0 radical (unpaired) electrons. The second-order valence-corrected chi connectivity index (χ2v) is 8.32. The van der Waals surface area contributed by atoms with E-state index in [-0.39, 0.29) is 5.91 Å². The first-order valence-corrected chi connectivity index (χ1v) is 10.6. The molecule has 0 atom stereocenters. The number of aryl methyl sites for hydroxylation is 2. The second-order valence-electron chi connectivity index (χ2n) is 8.32. The maximum atomic E-state index is 13.4. The largest absolute Gasteiger partial charge is 0.488 e. The highest BCUT2D eigenvalue weighted by Crippen LogP contribution is 2.36. The third-order valence-corrected chi connectivity index (χ3v) is 5.96. The number of rotatable bonds is 6. The van der Waals surface area contributed by atoms with Gasteiger partial charge >= 0.3 is 0 Å². The van der Waals surface area contributed by atoms with E-state index in [1.54, 1.807) is 6.20 Å². The van der Waals surface area contributed by atoms with Gasteiger partial charge in [-0.15, -0.1) is 0 Å². The first kappa shape index (κ1) is 19.0. The maximum absolute atomic E-state index is 13.4. The average Bonchev–Trinajstić information content (AvgIpc) is 3.54. The molecule has 2 saturated carbocycles. The van der Waals surface area contributed by atoms with E-state index in [1.165, 1.54) is 19.3 Å². The Hall–Kier alpha value is -2.36. The second kappa shape index (κ2) is 8.34. The molecule has 28 heavy (non-hydrogen) atoms. The summed E-state index contributed by atoms with van der Waals surface area (Å²) >= 11 is 0. The van der Waals surface area contributed by atoms with Crippen molar-refractivity contribution >= 4 is 5.91 Å². The summed E-state index contributed by atoms with van der Waals surface area (Å²) in [7, 11) is 0. The van der Waals surface area contributed by atoms with Gasteiger partial charge in [0.1, 0.15) is 12.4 Å². The molecule has 1 aromatic carbocycles. The van der Waals surface area contributed by atoms with Crippen LogP contribution < -0.4 is 4.74 Å². The number of carbonyl (C=O) groups is 1. The Kier molecular flexibility index (Phi) is 5.65. The molecule has 0 N–H and O–H groups in total. The summed E-state index contributed by atoms with van der Waals surface area (Å²) in [4.78, 5) is 19.7. The Morgan fingerprint density at radius 1 is 1.07 bits per heavy atom. The zero-order valence-electron chi connectivity index (χ0n) is 17.0. The summed E-state index contributed by atoms with van der Waals surface area (Å²) in [5.74, 6) is 1.08. The monoisotopic (exact) mass is 378 g/mol. The number of hydrogen-bond donors (Lipinski definition) is 0. The lowest BCUT2D eigenvalue weighted by Gasteiger charge is -2.35. The molecule has 0 saturated heterocycles. The highest BCUT2D eigenvalue weighted by molar-refractivity contribution is 5.95. The summed E-state index contributed by atoms with van der Waals surface area (Å²) in [6.45, 7) is 4.55. The molecular formula is C24H30N2O2. The molecular weight excluding hydrogens is 348 g/mol. The molecule has 4 nitrogen and oxygen atoms in total. The summed E-state index contributed by atoms with van der Waals surface area (Å²) < 4.78 is 6.06. The quantitative estimate of drug-likeness (QED) is 0.692. The van der Waals surface area contributed by atoms with Gasteiger partial charge in [0, 0.05) is 35.6 Å². The topological polar surface area (TPSA) is 42.4 Å². The van der Waals surface area contributed by atoms with Gasteiger partial charge in [0.05, 0.1) is 0 Å². The Morgan fingerprint density at radius 3 is 2.36 bits per heavy atom. The molecule has 2 aromatic rings. The number of pyridine rings is 1. The van der Waals surface area contributed by atoms with Crippen LogP contribution in [0.5, 0.6) is 5.75 Å². The van der Waals surface area contributed by atoms with Gasteiger partial charge in [-0.3, -0.25) is 9.78 Å². The van der Waals surface area contributed by atoms with Crippen molar-refractivity contribution < 1.29 is 9.53 Å². The molecule has 0 spiro atoms. The van der Waals surface area contributed by atoms with Gasteiger partial charge in [0.2, 0.25) is 0 Å². The van der Waals surface area contributed by atoms with E-state index in [9.17, 15) is 4.79 Å². The summed E-state index contributed by atoms with van der Waals surface area (Å²) in [5.41, 5.74) is 3.89. The third-order valence-electron chi connectivity index (χ3n) is 5.96. The van der Waals surface area contributed by atoms with Crippen molar-refractivity contribution in [2.75, 3.05) is 0 Å². The van der Waals surface area contributed by atoms with Crippen LogP contribution in [0, 0.1) is 13.8 Å². The molecule has 1 heterocycles. The van der Waals surface area contributed by atoms with Crippen molar-refractivity contribution in [3.05, 3.63) is 58.9 Å². The first-order chi connectivity index (χ1) is 13.6. The van der Waals surface area contributed by atoms with Crippen LogP contribution in [0.3, 0.4) is 0 Å². The molecule has 0 unspecified atom stereocenters. The van der Waals surface area contributed by atoms with Crippen LogP contribution in [-0.2, 0) is 6.61 Å². The number of carbonyl (C=O) groups excluding carboxylic acids is 1. The Bertz CT molecular complexity index is 801. The van der Waals surface area contributed by atoms with Crippen LogP contribution in [0.4, 0.5) is 0 Å². The predicted octanol–water partition coefficient (Wildman–Crippen LogP) is 5.21. The molecule has 1 amide bonds. The fourth-order valence-electron chi connectivity index (χ4n) is 4.43. The molecule has 1 aromatic heterocycles. The zero-order valence-corrected chi connectivity index (χ0v) is 17.0. The minimum Gasteiger partial charge on any atom is -0.488 e. The SMILES string of the molecule is Cc1cc(C(=O)N(C2CCCCC2)C2CC2)cc(C)c1OCc1cccnc1. The number of amides is 1. The van der Waals surface area contributed by atoms with Crippen molar-refractivity contribution in [2.24, 2.45) is 0 Å². The predicted molar refractivity (Wildman–Crippen MR) is 111 cm³/mol. The Morgan fingerprint density at radius 2 is 1.75 bits per heavy atom. The number of hydrogen-bond acceptors (Lipinski definition) is 3. The van der Waals surface area contributed by atoms with E-state index < -0.39 is 0 Å². The van der Waals surface area contributed by atoms with E-state index in [1.807, 2.05) is 44.3 Å². The third kappa shape index (κ3) is 4.21. The Balaban J connectivity index is 1.52. The van der Waals surface area contributed by atoms with Gasteiger partial charge in [-0.1, -0.05) is 25.3 Å². The number of benzene rings is 1. The van der Waals surface area contributed by atoms with Crippen molar-refractivity contribution in [2.45, 2.75) is 77.5 Å². The highest BCUT2D eigenvalue weighted by Gasteiger charge is 2.38. The fraction of sp³-hybridized carbons (Fsp3) is 0.500. The number of nitrogens with zero attached hydrogens (tertiary/aromatic N) is 2. The molecule has 2 fully saturated rings. The van der Waals surface area contributed by atoms with E-state index in [0.29, 0.717) is 18.7 Å². The van der Waals surface area contributed by atoms with Gasteiger partial charge in [-0.2, -0.15) is 0 Å². The van der Waals surface area contributed by atoms with Crippen molar-refractivity contribution in [1.82, 2.24) is 9.88 Å². The molecule has 0 bridgehead atoms. The summed E-state index contributed by atoms with van der Waals surface area (Å²) in [5, 5.41) is 0. The first-order valence-electron chi connectivity index (χ1n) is 10.6. The minimum atomic E-state index is 0.208. The van der Waals surface area contributed by atoms with Crippen LogP contribution in [0.25, 0.3) is 0 Å². The zero-order chi connectivity index (χ0) is 19.5. The summed E-state index contributed by atoms with van der Waals surface area (Å²) in [6.07, 6.45) is 12.0. The van der Waals surface area contributed by atoms with Crippen LogP contribution in [0.1, 0.15) is 72.0 Å². The van der Waals surface area contributed by atoms with Gasteiger partial charge in [-0.05, 0) is 68.9 Å². The molecule has 148 valence electrons. The lowest BCUT2D eigenvalue weighted by atomic mass is 9.93. The van der Waals surface area contributed by atoms with Crippen molar-refractivity contribution in [1.29, 1.82) is 0 Å².